The first-order valence-corrected chi connectivity index (χ1v) is 7.94. The summed E-state index contributed by atoms with van der Waals surface area (Å²) in [6.45, 7) is 0.264. The molecule has 0 aromatic carbocycles. The van der Waals surface area contributed by atoms with Crippen molar-refractivity contribution in [2.75, 3.05) is 7.11 Å². The van der Waals surface area contributed by atoms with Gasteiger partial charge in [-0.05, 0) is 30.7 Å². The first-order chi connectivity index (χ1) is 12.4. The largest absolute Gasteiger partial charge is 0.465 e. The maximum absolute atomic E-state index is 12.3. The van der Waals surface area contributed by atoms with E-state index in [1.165, 1.54) is 13.3 Å². The Labute approximate surface area is 147 Å². The van der Waals surface area contributed by atoms with E-state index in [9.17, 15) is 18.0 Å². The molecule has 0 fully saturated rings. The quantitative estimate of drug-likeness (QED) is 0.637. The van der Waals surface area contributed by atoms with Crippen molar-refractivity contribution in [3.63, 3.8) is 0 Å². The van der Waals surface area contributed by atoms with Crippen LogP contribution in [-0.2, 0) is 11.3 Å². The van der Waals surface area contributed by atoms with Gasteiger partial charge in [0.25, 0.3) is 0 Å². The molecule has 0 radical (unpaired) electrons. The van der Waals surface area contributed by atoms with Gasteiger partial charge in [-0.25, -0.2) is 4.79 Å². The Balaban J connectivity index is 1.84. The van der Waals surface area contributed by atoms with Crippen LogP contribution in [0.3, 0.4) is 0 Å². The second kappa shape index (κ2) is 7.15. The number of carbonyl (C=O) groups excluding carboxylic acids is 1. The number of hydrogen-bond donors (Lipinski definition) is 0. The minimum absolute atomic E-state index is 0.0117. The first kappa shape index (κ1) is 17.9. The van der Waals surface area contributed by atoms with E-state index in [0.717, 1.165) is 10.9 Å². The van der Waals surface area contributed by atoms with Gasteiger partial charge in [0, 0.05) is 30.7 Å². The second-order valence-corrected chi connectivity index (χ2v) is 5.78. The van der Waals surface area contributed by atoms with Crippen LogP contribution in [0, 0.1) is 0 Å². The molecule has 0 aliphatic rings. The lowest BCUT2D eigenvalue weighted by Crippen LogP contribution is -2.09. The van der Waals surface area contributed by atoms with Gasteiger partial charge in [0.2, 0.25) is 0 Å². The van der Waals surface area contributed by atoms with E-state index in [0.29, 0.717) is 17.0 Å². The number of nitrogens with zero attached hydrogens (tertiary/aromatic N) is 3. The molecule has 0 unspecified atom stereocenters. The van der Waals surface area contributed by atoms with Crippen molar-refractivity contribution < 1.29 is 22.7 Å². The van der Waals surface area contributed by atoms with Gasteiger partial charge in [-0.1, -0.05) is 0 Å². The summed E-state index contributed by atoms with van der Waals surface area (Å²) >= 11 is 0. The van der Waals surface area contributed by atoms with Crippen molar-refractivity contribution in [2.45, 2.75) is 25.6 Å². The highest BCUT2D eigenvalue weighted by atomic mass is 19.4. The Morgan fingerprint density at radius 1 is 1.19 bits per heavy atom. The Morgan fingerprint density at radius 2 is 1.96 bits per heavy atom. The van der Waals surface area contributed by atoms with Gasteiger partial charge in [-0.15, -0.1) is 0 Å². The summed E-state index contributed by atoms with van der Waals surface area (Å²) in [4.78, 5) is 20.2. The van der Waals surface area contributed by atoms with Crippen molar-refractivity contribution in [3.8, 4) is 11.4 Å². The van der Waals surface area contributed by atoms with E-state index in [1.54, 1.807) is 35.2 Å². The molecular weight excluding hydrogens is 347 g/mol. The van der Waals surface area contributed by atoms with Crippen LogP contribution in [0.15, 0.2) is 42.9 Å². The van der Waals surface area contributed by atoms with Crippen LogP contribution in [-0.4, -0.2) is 33.8 Å². The van der Waals surface area contributed by atoms with Crippen LogP contribution < -0.4 is 0 Å². The van der Waals surface area contributed by atoms with Crippen LogP contribution in [0.1, 0.15) is 23.2 Å². The van der Waals surface area contributed by atoms with Crippen molar-refractivity contribution in [3.05, 3.63) is 48.4 Å². The molecule has 3 heterocycles. The fourth-order valence-corrected chi connectivity index (χ4v) is 2.69. The molecule has 136 valence electrons. The molecule has 8 heteroatoms. The summed E-state index contributed by atoms with van der Waals surface area (Å²) in [6, 6.07) is 6.74. The molecule has 0 saturated heterocycles. The van der Waals surface area contributed by atoms with E-state index in [4.69, 9.17) is 4.74 Å². The zero-order valence-electron chi connectivity index (χ0n) is 14.0. The Bertz CT molecular complexity index is 935. The number of ether oxygens (including phenoxy) is 1. The van der Waals surface area contributed by atoms with Gasteiger partial charge in [-0.3, -0.25) is 9.97 Å². The number of rotatable bonds is 5. The molecular formula is C18H16F3N3O2. The molecule has 0 bridgehead atoms. The van der Waals surface area contributed by atoms with Crippen LogP contribution in [0.5, 0.6) is 0 Å². The lowest BCUT2D eigenvalue weighted by atomic mass is 10.1. The van der Waals surface area contributed by atoms with Crippen LogP contribution in [0.4, 0.5) is 13.2 Å². The van der Waals surface area contributed by atoms with Gasteiger partial charge < -0.3 is 9.30 Å². The minimum atomic E-state index is -4.15. The zero-order chi connectivity index (χ0) is 18.7. The average molecular weight is 363 g/mol. The summed E-state index contributed by atoms with van der Waals surface area (Å²) in [5, 5.41) is 0.840. The molecule has 0 aliphatic heterocycles. The number of methoxy groups -OCH3 is 1. The van der Waals surface area contributed by atoms with Crippen molar-refractivity contribution in [2.24, 2.45) is 0 Å². The third kappa shape index (κ3) is 4.01. The van der Waals surface area contributed by atoms with Crippen LogP contribution >= 0.6 is 0 Å². The van der Waals surface area contributed by atoms with E-state index >= 15 is 0 Å². The van der Waals surface area contributed by atoms with Crippen molar-refractivity contribution in [1.29, 1.82) is 0 Å². The van der Waals surface area contributed by atoms with Gasteiger partial charge in [0.15, 0.2) is 0 Å². The predicted molar refractivity (Wildman–Crippen MR) is 89.6 cm³/mol. The number of hydrogen-bond acceptors (Lipinski definition) is 4. The summed E-state index contributed by atoms with van der Waals surface area (Å²) < 4.78 is 43.3. The standard InChI is InChI=1S/C18H16F3N3O2/c1-26-17(25)13-3-6-22-14(10-13)15-9-12-4-8-24(16(12)11-23-15)7-2-5-18(19,20)21/h3-4,6,8-11H,2,5,7H2,1H3. The molecule has 0 atom stereocenters. The number of aromatic nitrogens is 3. The topological polar surface area (TPSA) is 57.0 Å². The highest BCUT2D eigenvalue weighted by molar-refractivity contribution is 5.90. The van der Waals surface area contributed by atoms with Crippen LogP contribution in [0.2, 0.25) is 0 Å². The Hall–Kier alpha value is -2.90. The highest BCUT2D eigenvalue weighted by Crippen LogP contribution is 2.25. The fraction of sp³-hybridized carbons (Fsp3) is 0.278. The number of carbonyl (C=O) groups is 1. The van der Waals surface area contributed by atoms with E-state index in [-0.39, 0.29) is 13.0 Å². The summed E-state index contributed by atoms with van der Waals surface area (Å²) in [7, 11) is 1.30. The van der Waals surface area contributed by atoms with Gasteiger partial charge in [0.05, 0.1) is 35.8 Å². The van der Waals surface area contributed by atoms with Gasteiger partial charge in [0.1, 0.15) is 0 Å². The van der Waals surface area contributed by atoms with Gasteiger partial charge >= 0.3 is 12.1 Å². The third-order valence-corrected chi connectivity index (χ3v) is 3.96. The smallest absolute Gasteiger partial charge is 0.389 e. The van der Waals surface area contributed by atoms with E-state index in [2.05, 4.69) is 9.97 Å². The molecule has 0 spiro atoms. The lowest BCUT2D eigenvalue weighted by Gasteiger charge is -2.08. The van der Waals surface area contributed by atoms with E-state index in [1.807, 2.05) is 6.07 Å². The molecule has 3 aromatic rings. The summed E-state index contributed by atoms with van der Waals surface area (Å²) in [5.74, 6) is -0.467. The number of esters is 1. The third-order valence-electron chi connectivity index (χ3n) is 3.96. The van der Waals surface area contributed by atoms with Gasteiger partial charge in [-0.2, -0.15) is 13.2 Å². The van der Waals surface area contributed by atoms with E-state index < -0.39 is 18.6 Å². The molecule has 0 amide bonds. The van der Waals surface area contributed by atoms with Crippen molar-refractivity contribution in [1.82, 2.24) is 14.5 Å². The summed E-state index contributed by atoms with van der Waals surface area (Å²) in [6.07, 6.45) is -0.115. The molecule has 26 heavy (non-hydrogen) atoms. The molecule has 0 N–H and O–H groups in total. The minimum Gasteiger partial charge on any atom is -0.465 e. The molecule has 5 nitrogen and oxygen atoms in total. The molecule has 0 saturated carbocycles. The average Bonchev–Trinajstić information content (AvgIpc) is 3.02. The molecule has 3 aromatic heterocycles. The number of aryl methyl sites for hydroxylation is 1. The number of fused-ring (bicyclic) bond motifs is 1. The number of halogens is 3. The van der Waals surface area contributed by atoms with Crippen molar-refractivity contribution >= 4 is 16.9 Å². The maximum Gasteiger partial charge on any atom is 0.389 e. The predicted octanol–water partition coefficient (Wildman–Crippen LogP) is 4.23. The number of alkyl halides is 3. The maximum atomic E-state index is 12.3. The summed E-state index contributed by atoms with van der Waals surface area (Å²) in [5.41, 5.74) is 2.19. The second-order valence-electron chi connectivity index (χ2n) is 5.78. The lowest BCUT2D eigenvalue weighted by molar-refractivity contribution is -0.135. The first-order valence-electron chi connectivity index (χ1n) is 7.94. The normalized spacial score (nSPS) is 11.7. The monoisotopic (exact) mass is 363 g/mol. The SMILES string of the molecule is COC(=O)c1ccnc(-c2cc3ccn(CCCC(F)(F)F)c3cn2)c1. The number of pyridine rings is 2. The fourth-order valence-electron chi connectivity index (χ4n) is 2.69. The molecule has 0 aliphatic carbocycles. The highest BCUT2D eigenvalue weighted by Gasteiger charge is 2.26. The zero-order valence-corrected chi connectivity index (χ0v) is 14.0. The van der Waals surface area contributed by atoms with Crippen LogP contribution in [0.25, 0.3) is 22.3 Å². The molecule has 3 rings (SSSR count). The Kier molecular flexibility index (Phi) is 4.92. The Morgan fingerprint density at radius 3 is 2.69 bits per heavy atom.